The van der Waals surface area contributed by atoms with E-state index in [0.29, 0.717) is 16.7 Å². The largest absolute Gasteiger partial charge is 0.479 e. The van der Waals surface area contributed by atoms with Gasteiger partial charge in [-0.1, -0.05) is 47.1 Å². The molecule has 0 bridgehead atoms. The van der Waals surface area contributed by atoms with E-state index in [1.54, 1.807) is 0 Å². The summed E-state index contributed by atoms with van der Waals surface area (Å²) in [6.07, 6.45) is 6.30. The predicted octanol–water partition coefficient (Wildman–Crippen LogP) is 5.83. The minimum absolute atomic E-state index is 0.104. The van der Waals surface area contributed by atoms with E-state index in [1.165, 1.54) is 49.9 Å². The molecule has 30 heavy (non-hydrogen) atoms. The number of benzene rings is 1. The van der Waals surface area contributed by atoms with Gasteiger partial charge in [-0.15, -0.1) is 0 Å². The number of ether oxygens (including phenoxy) is 1. The van der Waals surface area contributed by atoms with E-state index < -0.39 is 0 Å². The van der Waals surface area contributed by atoms with Crippen LogP contribution in [-0.4, -0.2) is 44.2 Å². The fraction of sp³-hybridized carbons (Fsp3) is 0.731. The van der Waals surface area contributed by atoms with Crippen LogP contribution in [-0.2, 0) is 0 Å². The van der Waals surface area contributed by atoms with Crippen LogP contribution >= 0.6 is 0 Å². The zero-order valence-electron chi connectivity index (χ0n) is 19.8. The third-order valence-electron chi connectivity index (χ3n) is 6.84. The molecule has 1 aromatic carbocycles. The molecule has 3 rings (SSSR count). The Morgan fingerprint density at radius 3 is 2.33 bits per heavy atom. The van der Waals surface area contributed by atoms with E-state index in [4.69, 9.17) is 10.00 Å². The van der Waals surface area contributed by atoms with Crippen molar-refractivity contribution in [2.75, 3.05) is 44.2 Å². The summed E-state index contributed by atoms with van der Waals surface area (Å²) in [5.74, 6) is 1.39. The molecule has 0 radical (unpaired) electrons. The van der Waals surface area contributed by atoms with Gasteiger partial charge in [-0.25, -0.2) is 0 Å². The summed E-state index contributed by atoms with van der Waals surface area (Å²) >= 11 is 0. The molecule has 1 aromatic rings. The summed E-state index contributed by atoms with van der Waals surface area (Å²) in [7, 11) is 0. The second kappa shape index (κ2) is 9.60. The molecule has 1 saturated carbocycles. The topological polar surface area (TPSA) is 39.5 Å². The molecular formula is C26H41N3O. The van der Waals surface area contributed by atoms with Crippen molar-refractivity contribution in [3.63, 3.8) is 0 Å². The van der Waals surface area contributed by atoms with Crippen molar-refractivity contribution in [3.05, 3.63) is 23.8 Å². The minimum atomic E-state index is 0.104. The summed E-state index contributed by atoms with van der Waals surface area (Å²) < 4.78 is 5.69. The maximum absolute atomic E-state index is 8.93. The van der Waals surface area contributed by atoms with Gasteiger partial charge in [-0.3, -0.25) is 4.90 Å². The molecule has 0 atom stereocenters. The van der Waals surface area contributed by atoms with Crippen molar-refractivity contribution in [1.82, 2.24) is 4.90 Å². The molecule has 1 saturated heterocycles. The van der Waals surface area contributed by atoms with Crippen molar-refractivity contribution in [2.45, 2.75) is 72.6 Å². The molecule has 0 amide bonds. The number of nitriles is 1. The monoisotopic (exact) mass is 411 g/mol. The van der Waals surface area contributed by atoms with Crippen molar-refractivity contribution < 1.29 is 4.74 Å². The highest BCUT2D eigenvalue weighted by Gasteiger charge is 2.40. The lowest BCUT2D eigenvalue weighted by atomic mass is 9.60. The second-order valence-electron chi connectivity index (χ2n) is 11.0. The van der Waals surface area contributed by atoms with Crippen molar-refractivity contribution in [3.8, 4) is 11.8 Å². The third-order valence-corrected chi connectivity index (χ3v) is 6.84. The normalized spacial score (nSPS) is 21.9. The van der Waals surface area contributed by atoms with Crippen LogP contribution in [0.2, 0.25) is 0 Å². The fourth-order valence-corrected chi connectivity index (χ4v) is 6.01. The summed E-state index contributed by atoms with van der Waals surface area (Å²) in [4.78, 5) is 5.16. The van der Waals surface area contributed by atoms with Crippen LogP contribution < -0.4 is 9.64 Å². The molecule has 4 heteroatoms. The highest BCUT2D eigenvalue weighted by Crippen LogP contribution is 2.53. The third kappa shape index (κ3) is 5.91. The van der Waals surface area contributed by atoms with Crippen LogP contribution in [0.4, 0.5) is 5.69 Å². The van der Waals surface area contributed by atoms with Crippen LogP contribution in [0.3, 0.4) is 0 Å². The summed E-state index contributed by atoms with van der Waals surface area (Å²) in [5, 5.41) is 8.93. The Kier molecular flexibility index (Phi) is 7.34. The molecular weight excluding hydrogens is 370 g/mol. The van der Waals surface area contributed by atoms with E-state index in [0.717, 1.165) is 31.9 Å². The molecule has 0 unspecified atom stereocenters. The SMILES string of the molecule is CCCCN1CCN(c2cc(OCC#N)ccc2C2CC(C)(C)CC(C)(C)C2)CC1. The highest BCUT2D eigenvalue weighted by atomic mass is 16.5. The number of unbranched alkanes of at least 4 members (excludes halogenated alkanes) is 1. The van der Waals surface area contributed by atoms with Gasteiger partial charge in [0, 0.05) is 37.9 Å². The maximum atomic E-state index is 8.93. The highest BCUT2D eigenvalue weighted by molar-refractivity contribution is 5.59. The van der Waals surface area contributed by atoms with E-state index in [9.17, 15) is 0 Å². The van der Waals surface area contributed by atoms with Gasteiger partial charge in [-0.2, -0.15) is 5.26 Å². The predicted molar refractivity (Wildman–Crippen MR) is 125 cm³/mol. The average Bonchev–Trinajstić information content (AvgIpc) is 2.68. The van der Waals surface area contributed by atoms with Gasteiger partial charge < -0.3 is 9.64 Å². The Morgan fingerprint density at radius 1 is 1.07 bits per heavy atom. The van der Waals surface area contributed by atoms with E-state index in [2.05, 4.69) is 68.7 Å². The molecule has 1 heterocycles. The van der Waals surface area contributed by atoms with Crippen molar-refractivity contribution in [1.29, 1.82) is 5.26 Å². The Hall–Kier alpha value is -1.73. The number of rotatable bonds is 7. The fourth-order valence-electron chi connectivity index (χ4n) is 6.01. The molecule has 1 aliphatic heterocycles. The van der Waals surface area contributed by atoms with Gasteiger partial charge in [0.15, 0.2) is 6.61 Å². The number of nitrogens with zero attached hydrogens (tertiary/aromatic N) is 3. The van der Waals surface area contributed by atoms with Gasteiger partial charge in [0.2, 0.25) is 0 Å². The lowest BCUT2D eigenvalue weighted by molar-refractivity contribution is 0.0969. The van der Waals surface area contributed by atoms with Crippen LogP contribution in [0.15, 0.2) is 18.2 Å². The van der Waals surface area contributed by atoms with Gasteiger partial charge in [0.05, 0.1) is 0 Å². The Labute approximate surface area is 184 Å². The first-order chi connectivity index (χ1) is 14.2. The van der Waals surface area contributed by atoms with Crippen molar-refractivity contribution >= 4 is 5.69 Å². The van der Waals surface area contributed by atoms with Crippen LogP contribution in [0.1, 0.15) is 78.2 Å². The number of piperazine rings is 1. The van der Waals surface area contributed by atoms with Crippen LogP contribution in [0, 0.1) is 22.2 Å². The molecule has 1 aliphatic carbocycles. The first-order valence-electron chi connectivity index (χ1n) is 11.8. The second-order valence-corrected chi connectivity index (χ2v) is 11.0. The van der Waals surface area contributed by atoms with E-state index >= 15 is 0 Å². The lowest BCUT2D eigenvalue weighted by Gasteiger charge is -2.46. The maximum Gasteiger partial charge on any atom is 0.174 e. The van der Waals surface area contributed by atoms with E-state index in [1.807, 2.05) is 0 Å². The molecule has 0 aromatic heterocycles. The van der Waals surface area contributed by atoms with Crippen LogP contribution in [0.25, 0.3) is 0 Å². The Bertz CT molecular complexity index is 725. The summed E-state index contributed by atoms with van der Waals surface area (Å²) in [5.41, 5.74) is 3.53. The summed E-state index contributed by atoms with van der Waals surface area (Å²) in [6.45, 7) is 17.7. The number of hydrogen-bond donors (Lipinski definition) is 0. The standard InChI is InChI=1S/C26H41N3O/c1-6-7-11-28-12-14-29(15-13-28)24-17-22(30-16-10-27)8-9-23(24)21-18-25(2,3)20-26(4,5)19-21/h8-9,17,21H,6-7,11-16,18-20H2,1-5H3. The average molecular weight is 412 g/mol. The molecule has 0 spiro atoms. The first kappa shape index (κ1) is 22.9. The Balaban J connectivity index is 1.85. The summed E-state index contributed by atoms with van der Waals surface area (Å²) in [6, 6.07) is 8.65. The van der Waals surface area contributed by atoms with Gasteiger partial charge in [-0.05, 0) is 60.6 Å². The molecule has 166 valence electrons. The smallest absolute Gasteiger partial charge is 0.174 e. The zero-order valence-corrected chi connectivity index (χ0v) is 19.8. The molecule has 4 nitrogen and oxygen atoms in total. The van der Waals surface area contributed by atoms with Gasteiger partial charge in [0.1, 0.15) is 11.8 Å². The lowest BCUT2D eigenvalue weighted by Crippen LogP contribution is -2.47. The van der Waals surface area contributed by atoms with Gasteiger partial charge in [0.25, 0.3) is 0 Å². The quantitative estimate of drug-likeness (QED) is 0.566. The van der Waals surface area contributed by atoms with Crippen molar-refractivity contribution in [2.24, 2.45) is 10.8 Å². The van der Waals surface area contributed by atoms with Gasteiger partial charge >= 0.3 is 0 Å². The molecule has 0 N–H and O–H groups in total. The first-order valence-corrected chi connectivity index (χ1v) is 11.8. The number of hydrogen-bond acceptors (Lipinski definition) is 4. The Morgan fingerprint density at radius 2 is 1.73 bits per heavy atom. The van der Waals surface area contributed by atoms with Crippen LogP contribution in [0.5, 0.6) is 5.75 Å². The van der Waals surface area contributed by atoms with E-state index in [-0.39, 0.29) is 6.61 Å². The minimum Gasteiger partial charge on any atom is -0.479 e. The molecule has 2 fully saturated rings. The number of anilines is 1. The zero-order chi connectivity index (χ0) is 21.8. The molecule has 2 aliphatic rings.